The molecular formula is C26H36FNO9S. The van der Waals surface area contributed by atoms with E-state index in [4.69, 9.17) is 14.2 Å². The maximum Gasteiger partial charge on any atom is 0.326 e. The number of sulfone groups is 1. The minimum atomic E-state index is -3.52. The molecular weight excluding hydrogens is 521 g/mol. The second-order valence-corrected chi connectivity index (χ2v) is 12.9. The van der Waals surface area contributed by atoms with Gasteiger partial charge in [-0.05, 0) is 71.4 Å². The van der Waals surface area contributed by atoms with Crippen molar-refractivity contribution in [3.8, 4) is 0 Å². The molecule has 0 spiro atoms. The van der Waals surface area contributed by atoms with Crippen LogP contribution in [-0.2, 0) is 33.6 Å². The van der Waals surface area contributed by atoms with Crippen molar-refractivity contribution in [1.29, 1.82) is 0 Å². The number of ether oxygens (including phenoxy) is 3. The van der Waals surface area contributed by atoms with Gasteiger partial charge in [0, 0.05) is 24.4 Å². The van der Waals surface area contributed by atoms with Crippen molar-refractivity contribution in [2.75, 3.05) is 12.0 Å². The van der Waals surface area contributed by atoms with Crippen molar-refractivity contribution in [3.05, 3.63) is 47.9 Å². The summed E-state index contributed by atoms with van der Waals surface area (Å²) in [6.45, 7) is 8.56. The molecule has 0 radical (unpaired) electrons. The highest BCUT2D eigenvalue weighted by Crippen LogP contribution is 2.30. The Morgan fingerprint density at radius 3 is 2.34 bits per heavy atom. The van der Waals surface area contributed by atoms with E-state index in [-0.39, 0.29) is 24.8 Å². The van der Waals surface area contributed by atoms with Crippen LogP contribution in [0.5, 0.6) is 0 Å². The zero-order valence-electron chi connectivity index (χ0n) is 22.5. The molecule has 0 saturated carbocycles. The van der Waals surface area contributed by atoms with Gasteiger partial charge in [-0.25, -0.2) is 17.6 Å². The van der Waals surface area contributed by atoms with Crippen LogP contribution in [-0.4, -0.2) is 77.9 Å². The lowest BCUT2D eigenvalue weighted by Crippen LogP contribution is -2.46. The maximum absolute atomic E-state index is 13.4. The molecule has 1 fully saturated rings. The number of rotatable bonds is 10. The molecule has 0 aromatic heterocycles. The quantitative estimate of drug-likeness (QED) is 0.430. The molecule has 2 rings (SSSR count). The van der Waals surface area contributed by atoms with E-state index < -0.39 is 68.9 Å². The van der Waals surface area contributed by atoms with Gasteiger partial charge in [-0.15, -0.1) is 0 Å². The summed E-state index contributed by atoms with van der Waals surface area (Å²) >= 11 is 0. The second kappa shape index (κ2) is 12.4. The number of hydrogen-bond donors (Lipinski definition) is 1. The number of carbonyl (C=O) groups excluding carboxylic acids is 2. The van der Waals surface area contributed by atoms with Gasteiger partial charge in [0.15, 0.2) is 5.79 Å². The van der Waals surface area contributed by atoms with Crippen LogP contribution in [0.25, 0.3) is 0 Å². The SMILES string of the molecule is CC(C)(C)OC(=O)C[C@H]1C[C@@H](/C=C/N(C(=O)c2ccc(F)cc2)C(CCS(C)(=O)=O)C(=O)O)OC(C)(C)O1. The van der Waals surface area contributed by atoms with E-state index in [9.17, 15) is 32.3 Å². The van der Waals surface area contributed by atoms with E-state index in [0.717, 1.165) is 23.3 Å². The van der Waals surface area contributed by atoms with Crippen LogP contribution in [0.3, 0.4) is 0 Å². The Morgan fingerprint density at radius 2 is 1.82 bits per heavy atom. The number of nitrogens with zero attached hydrogens (tertiary/aromatic N) is 1. The Morgan fingerprint density at radius 1 is 1.21 bits per heavy atom. The van der Waals surface area contributed by atoms with Crippen molar-refractivity contribution in [1.82, 2.24) is 4.90 Å². The minimum absolute atomic E-state index is 0.0117. The van der Waals surface area contributed by atoms with Crippen LogP contribution < -0.4 is 0 Å². The number of esters is 1. The van der Waals surface area contributed by atoms with Crippen LogP contribution in [0.4, 0.5) is 4.39 Å². The Kier molecular flexibility index (Phi) is 10.2. The normalized spacial score (nSPS) is 20.6. The Hall–Kier alpha value is -2.83. The predicted octanol–water partition coefficient (Wildman–Crippen LogP) is 3.31. The molecule has 1 unspecified atom stereocenters. The number of hydrogen-bond acceptors (Lipinski definition) is 8. The van der Waals surface area contributed by atoms with E-state index >= 15 is 0 Å². The van der Waals surface area contributed by atoms with Crippen LogP contribution >= 0.6 is 0 Å². The molecule has 0 aliphatic carbocycles. The molecule has 1 N–H and O–H groups in total. The highest BCUT2D eigenvalue weighted by Gasteiger charge is 2.37. The van der Waals surface area contributed by atoms with Gasteiger partial charge in [0.2, 0.25) is 0 Å². The summed E-state index contributed by atoms with van der Waals surface area (Å²) in [5.41, 5.74) is -0.659. The number of amides is 1. The smallest absolute Gasteiger partial charge is 0.326 e. The minimum Gasteiger partial charge on any atom is -0.480 e. The first-order valence-electron chi connectivity index (χ1n) is 12.1. The number of carbonyl (C=O) groups is 3. The molecule has 1 aliphatic heterocycles. The monoisotopic (exact) mass is 557 g/mol. The first kappa shape index (κ1) is 31.4. The third-order valence-electron chi connectivity index (χ3n) is 5.37. The van der Waals surface area contributed by atoms with Crippen molar-refractivity contribution >= 4 is 27.7 Å². The molecule has 1 aromatic rings. The number of aliphatic carboxylic acids is 1. The molecule has 212 valence electrons. The molecule has 38 heavy (non-hydrogen) atoms. The summed E-state index contributed by atoms with van der Waals surface area (Å²) in [7, 11) is -3.52. The van der Waals surface area contributed by atoms with E-state index in [1.54, 1.807) is 34.6 Å². The lowest BCUT2D eigenvalue weighted by atomic mass is 10.0. The van der Waals surface area contributed by atoms with E-state index in [1.807, 2.05) is 0 Å². The van der Waals surface area contributed by atoms with Crippen LogP contribution in [0.15, 0.2) is 36.5 Å². The van der Waals surface area contributed by atoms with Crippen molar-refractivity contribution in [2.45, 2.75) is 83.5 Å². The zero-order valence-corrected chi connectivity index (χ0v) is 23.3. The van der Waals surface area contributed by atoms with E-state index in [2.05, 4.69) is 0 Å². The molecule has 0 bridgehead atoms. The lowest BCUT2D eigenvalue weighted by Gasteiger charge is -2.40. The average molecular weight is 558 g/mol. The molecule has 3 atom stereocenters. The highest BCUT2D eigenvalue weighted by atomic mass is 32.2. The van der Waals surface area contributed by atoms with Gasteiger partial charge in [0.25, 0.3) is 5.91 Å². The third kappa shape index (κ3) is 10.5. The summed E-state index contributed by atoms with van der Waals surface area (Å²) in [5.74, 6) is -4.78. The maximum atomic E-state index is 13.4. The standard InChI is InChI=1S/C26H36FNO9S/c1-25(2,3)37-22(29)16-20-15-19(35-26(4,5)36-20)11-13-28(21(24(31)32)12-14-38(6,33)34)23(30)17-7-9-18(27)10-8-17/h7-11,13,19-21H,12,14-16H2,1-6H3,(H,31,32)/b13-11+/t19-,20-,21?/m1/s1. The summed E-state index contributed by atoms with van der Waals surface area (Å²) < 4.78 is 54.0. The zero-order chi connectivity index (χ0) is 28.9. The van der Waals surface area contributed by atoms with Crippen molar-refractivity contribution < 1.29 is 46.5 Å². The molecule has 1 amide bonds. The summed E-state index contributed by atoms with van der Waals surface area (Å²) in [5, 5.41) is 9.85. The number of carboxylic acids is 1. The van der Waals surface area contributed by atoms with Gasteiger partial charge in [0.05, 0.1) is 24.4 Å². The highest BCUT2D eigenvalue weighted by molar-refractivity contribution is 7.90. The first-order chi connectivity index (χ1) is 17.3. The van der Waals surface area contributed by atoms with Crippen LogP contribution in [0, 0.1) is 5.82 Å². The fourth-order valence-electron chi connectivity index (χ4n) is 3.91. The molecule has 12 heteroatoms. The van der Waals surface area contributed by atoms with Gasteiger partial charge in [-0.1, -0.05) is 0 Å². The average Bonchev–Trinajstić information content (AvgIpc) is 2.72. The Labute approximate surface area is 222 Å². The van der Waals surface area contributed by atoms with Gasteiger partial charge in [0.1, 0.15) is 27.3 Å². The van der Waals surface area contributed by atoms with Crippen LogP contribution in [0.2, 0.25) is 0 Å². The van der Waals surface area contributed by atoms with Crippen molar-refractivity contribution in [3.63, 3.8) is 0 Å². The number of benzene rings is 1. The topological polar surface area (TPSA) is 137 Å². The van der Waals surface area contributed by atoms with E-state index in [1.165, 1.54) is 24.4 Å². The van der Waals surface area contributed by atoms with E-state index in [0.29, 0.717) is 0 Å². The fraction of sp³-hybridized carbons (Fsp3) is 0.577. The fourth-order valence-corrected chi connectivity index (χ4v) is 4.56. The Balaban J connectivity index is 2.34. The second-order valence-electron chi connectivity index (χ2n) is 10.7. The largest absolute Gasteiger partial charge is 0.480 e. The lowest BCUT2D eigenvalue weighted by molar-refractivity contribution is -0.290. The molecule has 1 saturated heterocycles. The molecule has 1 heterocycles. The van der Waals surface area contributed by atoms with Gasteiger partial charge < -0.3 is 24.2 Å². The van der Waals surface area contributed by atoms with Gasteiger partial charge >= 0.3 is 11.9 Å². The summed E-state index contributed by atoms with van der Waals surface area (Å²) in [4.78, 5) is 38.6. The molecule has 1 aromatic carbocycles. The Bertz CT molecular complexity index is 1140. The molecule has 1 aliphatic rings. The summed E-state index contributed by atoms with van der Waals surface area (Å²) in [6.07, 6.45) is 2.19. The third-order valence-corrected chi connectivity index (χ3v) is 6.34. The number of carboxylic acid groups (broad SMARTS) is 1. The summed E-state index contributed by atoms with van der Waals surface area (Å²) in [6, 6.07) is 3.01. The predicted molar refractivity (Wildman–Crippen MR) is 136 cm³/mol. The van der Waals surface area contributed by atoms with Crippen LogP contribution in [0.1, 0.15) is 64.2 Å². The molecule has 10 nitrogen and oxygen atoms in total. The first-order valence-corrected chi connectivity index (χ1v) is 14.2. The van der Waals surface area contributed by atoms with Gasteiger partial charge in [-0.2, -0.15) is 0 Å². The van der Waals surface area contributed by atoms with Crippen molar-refractivity contribution in [2.24, 2.45) is 0 Å². The van der Waals surface area contributed by atoms with Gasteiger partial charge in [-0.3, -0.25) is 9.59 Å². The number of halogens is 1.